The number of aliphatic hydroxyl groups is 1. The van der Waals surface area contributed by atoms with E-state index in [0.29, 0.717) is 50.6 Å². The van der Waals surface area contributed by atoms with Gasteiger partial charge in [0.2, 0.25) is 11.4 Å². The highest BCUT2D eigenvalue weighted by Crippen LogP contribution is 2.52. The highest BCUT2D eigenvalue weighted by Gasteiger charge is 2.71. The molecule has 2 heterocycles. The molecule has 2 N–H and O–H groups in total. The van der Waals surface area contributed by atoms with Gasteiger partial charge >= 0.3 is 0 Å². The van der Waals surface area contributed by atoms with Crippen LogP contribution in [0.15, 0.2) is 5.16 Å². The molecule has 1 saturated heterocycles. The lowest BCUT2D eigenvalue weighted by atomic mass is 9.65. The van der Waals surface area contributed by atoms with Crippen LogP contribution in [-0.4, -0.2) is 68.9 Å². The summed E-state index contributed by atoms with van der Waals surface area (Å²) in [6, 6.07) is 0. The maximum absolute atomic E-state index is 13.4. The molecular formula is C16H25N3O4. The highest BCUT2D eigenvalue weighted by molar-refractivity contribution is 6.15. The van der Waals surface area contributed by atoms with Crippen molar-refractivity contribution in [2.75, 3.05) is 26.3 Å². The molecule has 0 aromatic heterocycles. The first-order valence-electron chi connectivity index (χ1n) is 8.76. The van der Waals surface area contributed by atoms with Crippen molar-refractivity contribution in [3.05, 3.63) is 5.21 Å². The molecule has 128 valence electrons. The van der Waals surface area contributed by atoms with Gasteiger partial charge in [-0.15, -0.1) is 0 Å². The third kappa shape index (κ3) is 1.87. The second-order valence-electron chi connectivity index (χ2n) is 7.18. The van der Waals surface area contributed by atoms with Gasteiger partial charge < -0.3 is 20.3 Å². The van der Waals surface area contributed by atoms with Gasteiger partial charge in [-0.25, -0.2) is 4.90 Å². The maximum Gasteiger partial charge on any atom is 0.235 e. The number of ether oxygens (including phenoxy) is 1. The van der Waals surface area contributed by atoms with Gasteiger partial charge in [-0.05, 0) is 25.7 Å². The van der Waals surface area contributed by atoms with Gasteiger partial charge in [0.1, 0.15) is 0 Å². The number of oxime groups is 1. The summed E-state index contributed by atoms with van der Waals surface area (Å²) >= 11 is 0. The van der Waals surface area contributed by atoms with Crippen molar-refractivity contribution in [1.29, 1.82) is 0 Å². The summed E-state index contributed by atoms with van der Waals surface area (Å²) < 4.78 is 6.57. The molecule has 4 rings (SSSR count). The Morgan fingerprint density at radius 1 is 1.22 bits per heavy atom. The summed E-state index contributed by atoms with van der Waals surface area (Å²) in [6.45, 7) is 2.67. The Labute approximate surface area is 135 Å². The fourth-order valence-corrected chi connectivity index (χ4v) is 5.37. The van der Waals surface area contributed by atoms with Crippen LogP contribution >= 0.6 is 0 Å². The Balaban J connectivity index is 1.85. The molecule has 3 atom stereocenters. The quantitative estimate of drug-likeness (QED) is 0.324. The first-order chi connectivity index (χ1) is 11.2. The largest absolute Gasteiger partial charge is 0.622 e. The molecule has 0 spiro atoms. The summed E-state index contributed by atoms with van der Waals surface area (Å²) in [7, 11) is 0. The number of hydrogen-bond acceptors (Lipinski definition) is 6. The number of rotatable bonds is 1. The van der Waals surface area contributed by atoms with Crippen LogP contribution in [0.4, 0.5) is 0 Å². The first-order valence-corrected chi connectivity index (χ1v) is 8.76. The lowest BCUT2D eigenvalue weighted by Crippen LogP contribution is -2.65. The Morgan fingerprint density at radius 2 is 2.00 bits per heavy atom. The smallest absolute Gasteiger partial charge is 0.235 e. The molecule has 23 heavy (non-hydrogen) atoms. The van der Waals surface area contributed by atoms with E-state index in [1.807, 2.05) is 0 Å². The van der Waals surface area contributed by atoms with E-state index in [-0.39, 0.29) is 5.92 Å². The van der Waals surface area contributed by atoms with E-state index < -0.39 is 11.3 Å². The standard InChI is InChI=1S/C16H25N3O4/c20-16-12-4-1-2-7-15(12,18-8-10-23-11-9-18)19(22)14(16)6-3-5-13(16)17-21/h12,20-21H,1-11H2/b17-13-/t12-,15-,16+/m0/s1. The second kappa shape index (κ2) is 5.43. The van der Waals surface area contributed by atoms with Crippen LogP contribution in [0.2, 0.25) is 0 Å². The van der Waals surface area contributed by atoms with Crippen LogP contribution in [0.1, 0.15) is 44.9 Å². The van der Waals surface area contributed by atoms with Crippen LogP contribution in [-0.2, 0) is 4.74 Å². The molecule has 3 fully saturated rings. The molecule has 0 aromatic carbocycles. The van der Waals surface area contributed by atoms with Crippen molar-refractivity contribution in [3.8, 4) is 0 Å². The molecule has 0 bridgehead atoms. The minimum atomic E-state index is -1.37. The zero-order chi connectivity index (χ0) is 16.1. The lowest BCUT2D eigenvalue weighted by Gasteiger charge is -2.47. The van der Waals surface area contributed by atoms with Gasteiger partial charge in [-0.1, -0.05) is 11.6 Å². The van der Waals surface area contributed by atoms with Crippen LogP contribution in [0, 0.1) is 11.1 Å². The summed E-state index contributed by atoms with van der Waals surface area (Å²) in [5, 5.41) is 37.7. The molecule has 2 saturated carbocycles. The van der Waals surface area contributed by atoms with Crippen molar-refractivity contribution in [1.82, 2.24) is 4.90 Å². The minimum Gasteiger partial charge on any atom is -0.622 e. The monoisotopic (exact) mass is 323 g/mol. The molecule has 4 aliphatic rings. The average molecular weight is 323 g/mol. The molecule has 0 radical (unpaired) electrons. The van der Waals surface area contributed by atoms with E-state index in [1.165, 1.54) is 0 Å². The van der Waals surface area contributed by atoms with Gasteiger partial charge in [-0.2, -0.15) is 4.74 Å². The lowest BCUT2D eigenvalue weighted by molar-refractivity contribution is -0.591. The third-order valence-electron chi connectivity index (χ3n) is 6.33. The summed E-state index contributed by atoms with van der Waals surface area (Å²) in [4.78, 5) is 2.21. The van der Waals surface area contributed by atoms with Gasteiger partial charge in [0.05, 0.1) is 24.8 Å². The number of hydroxylamine groups is 1. The summed E-state index contributed by atoms with van der Waals surface area (Å²) in [6.07, 6.45) is 5.42. The van der Waals surface area contributed by atoms with Crippen molar-refractivity contribution in [3.63, 3.8) is 0 Å². The van der Waals surface area contributed by atoms with E-state index in [1.54, 1.807) is 0 Å². The van der Waals surface area contributed by atoms with Crippen LogP contribution in [0.25, 0.3) is 0 Å². The number of fused-ring (bicyclic) bond motifs is 3. The predicted octanol–water partition coefficient (Wildman–Crippen LogP) is 0.915. The Hall–Kier alpha value is -1.18. The summed E-state index contributed by atoms with van der Waals surface area (Å²) in [5.41, 5.74) is -1.18. The second-order valence-corrected chi connectivity index (χ2v) is 7.18. The van der Waals surface area contributed by atoms with Crippen molar-refractivity contribution in [2.24, 2.45) is 11.1 Å². The predicted molar refractivity (Wildman–Crippen MR) is 83.7 cm³/mol. The molecule has 0 aromatic rings. The van der Waals surface area contributed by atoms with Crippen molar-refractivity contribution < 1.29 is 19.8 Å². The van der Waals surface area contributed by atoms with E-state index >= 15 is 0 Å². The number of hydrogen-bond donors (Lipinski definition) is 2. The van der Waals surface area contributed by atoms with E-state index in [2.05, 4.69) is 10.1 Å². The zero-order valence-electron chi connectivity index (χ0n) is 13.4. The Morgan fingerprint density at radius 3 is 2.74 bits per heavy atom. The van der Waals surface area contributed by atoms with Crippen LogP contribution in [0.3, 0.4) is 0 Å². The Kier molecular flexibility index (Phi) is 3.62. The van der Waals surface area contributed by atoms with Crippen LogP contribution in [0.5, 0.6) is 0 Å². The van der Waals surface area contributed by atoms with Gasteiger partial charge in [-0.3, -0.25) is 0 Å². The highest BCUT2D eigenvalue weighted by atomic mass is 16.5. The van der Waals surface area contributed by atoms with Crippen molar-refractivity contribution >= 4 is 11.4 Å². The fraction of sp³-hybridized carbons (Fsp3) is 0.875. The zero-order valence-corrected chi connectivity index (χ0v) is 13.4. The maximum atomic E-state index is 13.4. The van der Waals surface area contributed by atoms with E-state index in [0.717, 1.165) is 36.8 Å². The topological polar surface area (TPSA) is 91.4 Å². The molecule has 0 amide bonds. The number of morpholine rings is 1. The number of nitrogens with zero attached hydrogens (tertiary/aromatic N) is 3. The van der Waals surface area contributed by atoms with Gasteiger partial charge in [0.25, 0.3) is 0 Å². The SMILES string of the molecule is [O-][N+]1=C2CCC/C(=N/O)[C@]2(O)[C@H]2CCCC[C@@]21N1CCOCC1. The summed E-state index contributed by atoms with van der Waals surface area (Å²) in [5.74, 6) is -0.222. The van der Waals surface area contributed by atoms with Crippen LogP contribution < -0.4 is 0 Å². The van der Waals surface area contributed by atoms with Crippen molar-refractivity contribution in [2.45, 2.75) is 56.2 Å². The molecular weight excluding hydrogens is 298 g/mol. The normalized spacial score (nSPS) is 43.5. The van der Waals surface area contributed by atoms with E-state index in [9.17, 15) is 15.5 Å². The molecule has 7 heteroatoms. The fourth-order valence-electron chi connectivity index (χ4n) is 5.37. The molecule has 7 nitrogen and oxygen atoms in total. The average Bonchev–Trinajstić information content (AvgIpc) is 2.82. The van der Waals surface area contributed by atoms with Gasteiger partial charge in [0.15, 0.2) is 5.60 Å². The first kappa shape index (κ1) is 15.4. The molecule has 2 aliphatic carbocycles. The third-order valence-corrected chi connectivity index (χ3v) is 6.33. The molecule has 0 unspecified atom stereocenters. The van der Waals surface area contributed by atoms with Gasteiger partial charge in [0, 0.05) is 25.9 Å². The van der Waals surface area contributed by atoms with E-state index in [4.69, 9.17) is 4.74 Å². The molecule has 2 aliphatic heterocycles. The Bertz CT molecular complexity index is 558. The minimum absolute atomic E-state index is 0.222.